The van der Waals surface area contributed by atoms with Crippen LogP contribution in [0.5, 0.6) is 5.75 Å². The number of ether oxygens (including phenoxy) is 2. The molecule has 8 rings (SSSR count). The van der Waals surface area contributed by atoms with Crippen molar-refractivity contribution in [3.63, 3.8) is 0 Å². The number of carbonyl (C=O) groups excluding carboxylic acids is 4. The summed E-state index contributed by atoms with van der Waals surface area (Å²) >= 11 is 6.49. The summed E-state index contributed by atoms with van der Waals surface area (Å²) in [6, 6.07) is 11.8. The molecule has 1 aromatic heterocycles. The van der Waals surface area contributed by atoms with Gasteiger partial charge in [-0.2, -0.15) is 13.2 Å². The highest BCUT2D eigenvalue weighted by molar-refractivity contribution is 6.34. The van der Waals surface area contributed by atoms with Gasteiger partial charge in [0.25, 0.3) is 0 Å². The fourth-order valence-corrected chi connectivity index (χ4v) is 10.8. The third-order valence-electron chi connectivity index (χ3n) is 14.5. The average Bonchev–Trinajstić information content (AvgIpc) is 3.33. The summed E-state index contributed by atoms with van der Waals surface area (Å²) < 4.78 is 53.7. The number of halogens is 4. The minimum absolute atomic E-state index is 0.0494. The van der Waals surface area contributed by atoms with Gasteiger partial charge in [0.15, 0.2) is 0 Å². The lowest BCUT2D eigenvalue weighted by Crippen LogP contribution is -2.50. The van der Waals surface area contributed by atoms with Crippen LogP contribution in [-0.4, -0.2) is 109 Å². The Kier molecular flexibility index (Phi) is 15.7. The van der Waals surface area contributed by atoms with E-state index in [1.807, 2.05) is 35.2 Å². The Morgan fingerprint density at radius 3 is 2.28 bits per heavy atom. The van der Waals surface area contributed by atoms with Gasteiger partial charge in [-0.3, -0.25) is 24.7 Å². The highest BCUT2D eigenvalue weighted by atomic mass is 35.5. The number of carbonyl (C=O) groups is 4. The number of benzene rings is 3. The first-order valence-corrected chi connectivity index (χ1v) is 25.4. The molecule has 14 nitrogen and oxygen atoms in total. The van der Waals surface area contributed by atoms with E-state index in [1.165, 1.54) is 11.0 Å². The highest BCUT2D eigenvalue weighted by Gasteiger charge is 2.35. The zero-order valence-corrected chi connectivity index (χ0v) is 42.3. The van der Waals surface area contributed by atoms with Crippen LogP contribution in [0.4, 0.5) is 35.2 Å². The van der Waals surface area contributed by atoms with Gasteiger partial charge in [-0.05, 0) is 158 Å². The van der Waals surface area contributed by atoms with Crippen LogP contribution in [0.3, 0.4) is 0 Å². The number of piperidine rings is 1. The number of methoxy groups -OCH3 is 1. The van der Waals surface area contributed by atoms with E-state index in [2.05, 4.69) is 25.4 Å². The number of nitrogens with one attached hydrogen (secondary N) is 2. The minimum Gasteiger partial charge on any atom is -0.496 e. The fourth-order valence-electron chi connectivity index (χ4n) is 10.6. The number of piperazine rings is 1. The van der Waals surface area contributed by atoms with Crippen LogP contribution < -0.4 is 25.2 Å². The van der Waals surface area contributed by atoms with E-state index >= 15 is 0 Å². The predicted molar refractivity (Wildman–Crippen MR) is 268 cm³/mol. The highest BCUT2D eigenvalue weighted by Crippen LogP contribution is 2.43. The molecule has 1 saturated carbocycles. The zero-order valence-electron chi connectivity index (χ0n) is 41.6. The maximum atomic E-state index is 14.1. The van der Waals surface area contributed by atoms with Crippen molar-refractivity contribution in [3.8, 4) is 5.75 Å². The number of aryl methyl sites for hydroxylation is 1. The number of hydrogen-bond donors (Lipinski definition) is 2. The van der Waals surface area contributed by atoms with E-state index in [4.69, 9.17) is 26.1 Å². The Labute approximate surface area is 418 Å². The van der Waals surface area contributed by atoms with Crippen LogP contribution in [0, 0.1) is 18.8 Å². The molecule has 0 radical (unpaired) electrons. The Bertz CT molecular complexity index is 2620. The quantitative estimate of drug-likeness (QED) is 0.123. The van der Waals surface area contributed by atoms with Gasteiger partial charge in [0.05, 0.1) is 40.5 Å². The van der Waals surface area contributed by atoms with Crippen molar-refractivity contribution in [2.45, 2.75) is 116 Å². The van der Waals surface area contributed by atoms with E-state index < -0.39 is 35.4 Å². The number of imide groups is 1. The van der Waals surface area contributed by atoms with Crippen LogP contribution >= 0.6 is 11.6 Å². The molecule has 0 bridgehead atoms. The van der Waals surface area contributed by atoms with Crippen molar-refractivity contribution >= 4 is 63.5 Å². The van der Waals surface area contributed by atoms with Crippen molar-refractivity contribution in [1.29, 1.82) is 0 Å². The van der Waals surface area contributed by atoms with Crippen LogP contribution in [0.2, 0.25) is 5.02 Å². The summed E-state index contributed by atoms with van der Waals surface area (Å²) in [5.41, 5.74) is 1.45. The summed E-state index contributed by atoms with van der Waals surface area (Å²) in [7, 11) is 1.62. The smallest absolute Gasteiger partial charge is 0.416 e. The van der Waals surface area contributed by atoms with E-state index in [1.54, 1.807) is 41.7 Å². The number of nitrogens with zero attached hydrogens (tertiary/aromatic N) is 6. The maximum absolute atomic E-state index is 14.1. The third kappa shape index (κ3) is 12.5. The summed E-state index contributed by atoms with van der Waals surface area (Å²) in [5.74, 6) is 1.42. The van der Waals surface area contributed by atoms with Gasteiger partial charge in [-0.1, -0.05) is 11.6 Å². The van der Waals surface area contributed by atoms with Gasteiger partial charge in [-0.25, -0.2) is 19.6 Å². The number of amides is 4. The largest absolute Gasteiger partial charge is 0.496 e. The lowest BCUT2D eigenvalue weighted by Gasteiger charge is -2.38. The first-order chi connectivity index (χ1) is 33.7. The Morgan fingerprint density at radius 1 is 0.901 bits per heavy atom. The normalized spacial score (nSPS) is 20.2. The summed E-state index contributed by atoms with van der Waals surface area (Å²) in [6.07, 6.45) is 3.11. The molecule has 71 heavy (non-hydrogen) atoms. The second-order valence-corrected chi connectivity index (χ2v) is 21.0. The number of alkyl halides is 3. The van der Waals surface area contributed by atoms with Gasteiger partial charge < -0.3 is 24.6 Å². The minimum atomic E-state index is -4.69. The number of rotatable bonds is 13. The van der Waals surface area contributed by atoms with Gasteiger partial charge in [0, 0.05) is 75.3 Å². The van der Waals surface area contributed by atoms with Crippen molar-refractivity contribution < 1.29 is 41.8 Å². The molecule has 3 aliphatic heterocycles. The summed E-state index contributed by atoms with van der Waals surface area (Å²) in [5, 5.41) is 6.87. The van der Waals surface area contributed by atoms with Crippen LogP contribution in [-0.2, 0) is 20.5 Å². The topological polar surface area (TPSA) is 150 Å². The van der Waals surface area contributed by atoms with Gasteiger partial charge in [-0.15, -0.1) is 0 Å². The van der Waals surface area contributed by atoms with E-state index in [9.17, 15) is 32.3 Å². The van der Waals surface area contributed by atoms with Gasteiger partial charge >= 0.3 is 18.2 Å². The Balaban J connectivity index is 0.819. The van der Waals surface area contributed by atoms with E-state index in [0.717, 1.165) is 121 Å². The molecule has 1 aliphatic carbocycles. The van der Waals surface area contributed by atoms with Crippen molar-refractivity contribution in [2.24, 2.45) is 11.8 Å². The molecule has 3 aromatic carbocycles. The molecular weight excluding hydrogens is 937 g/mol. The summed E-state index contributed by atoms with van der Waals surface area (Å²) in [6.45, 7) is 14.8. The number of aromatic nitrogens is 2. The molecule has 0 spiro atoms. The second kappa shape index (κ2) is 21.6. The van der Waals surface area contributed by atoms with Gasteiger partial charge in [0.2, 0.25) is 11.8 Å². The lowest BCUT2D eigenvalue weighted by molar-refractivity contribution is -0.139. The lowest BCUT2D eigenvalue weighted by atomic mass is 9.77. The number of urea groups is 1. The average molecular weight is 1000 g/mol. The Hall–Kier alpha value is -5.68. The number of fused-ring (bicyclic) bond motifs is 1. The molecule has 2 N–H and O–H groups in total. The molecule has 382 valence electrons. The molecule has 1 atom stereocenters. The standard InChI is InChI=1S/C53H66ClF3N8O6/c1-32(37-26-38(50(68)71-52(3,4)5)28-39(27-37)53(55,56)57)58-48-42-30-41(46(70-6)31-44(42)59-33(2)60-48)35-9-11-36(12-10-35)49(67)64-24-22-62(23-25-64)18-7-8-34-15-19-63(20-16-34)40-13-14-43(54)45(29-40)65-21-17-47(66)61-51(65)69/h13-14,26-32,34-36H,7-12,15-25H2,1-6H3,(H,58,59,60)(H,61,66,69)/t32-,35?,36?/m1/s1. The fraction of sp³-hybridized carbons (Fsp3) is 0.547. The molecule has 4 aromatic rings. The molecule has 4 fully saturated rings. The number of hydrogen-bond acceptors (Lipinski definition) is 11. The summed E-state index contributed by atoms with van der Waals surface area (Å²) in [4.78, 5) is 68.8. The molecule has 4 heterocycles. The number of anilines is 3. The Morgan fingerprint density at radius 2 is 1.62 bits per heavy atom. The molecule has 4 amide bonds. The van der Waals surface area contributed by atoms with Gasteiger partial charge in [0.1, 0.15) is 23.0 Å². The molecule has 0 unspecified atom stereocenters. The predicted octanol–water partition coefficient (Wildman–Crippen LogP) is 10.3. The molecule has 4 aliphatic rings. The van der Waals surface area contributed by atoms with Crippen molar-refractivity contribution in [3.05, 3.63) is 81.6 Å². The van der Waals surface area contributed by atoms with Crippen molar-refractivity contribution in [1.82, 2.24) is 25.1 Å². The number of esters is 1. The van der Waals surface area contributed by atoms with Crippen LogP contribution in [0.25, 0.3) is 10.9 Å². The SMILES string of the molecule is COc1cc2nc(C)nc(N[C@H](C)c3cc(C(=O)OC(C)(C)C)cc(C(F)(F)F)c3)c2cc1C1CCC(C(=O)N2CCN(CCCC3CCN(c4ccc(Cl)c(N5CCC(=O)NC5=O)c4)CC3)CC2)CC1. The molecule has 3 saturated heterocycles. The van der Waals surface area contributed by atoms with E-state index in [0.29, 0.717) is 51.5 Å². The first kappa shape index (κ1) is 51.7. The third-order valence-corrected chi connectivity index (χ3v) is 14.8. The molecule has 18 heteroatoms. The molecular formula is C53H66ClF3N8O6. The second-order valence-electron chi connectivity index (χ2n) is 20.6. The van der Waals surface area contributed by atoms with Crippen molar-refractivity contribution in [2.75, 3.05) is 74.6 Å². The maximum Gasteiger partial charge on any atom is 0.416 e. The first-order valence-electron chi connectivity index (χ1n) is 25.0. The van der Waals surface area contributed by atoms with Crippen LogP contribution in [0.1, 0.15) is 130 Å². The van der Waals surface area contributed by atoms with Crippen LogP contribution in [0.15, 0.2) is 48.5 Å². The monoisotopic (exact) mass is 1000 g/mol. The zero-order chi connectivity index (χ0) is 50.8. The van der Waals surface area contributed by atoms with E-state index in [-0.39, 0.29) is 41.2 Å².